The molecule has 0 atom stereocenters. The highest BCUT2D eigenvalue weighted by atomic mass is 35.5. The summed E-state index contributed by atoms with van der Waals surface area (Å²) in [4.78, 5) is 14.8. The molecule has 0 spiro atoms. The van der Waals surface area contributed by atoms with Crippen LogP contribution in [-0.4, -0.2) is 37.0 Å². The van der Waals surface area contributed by atoms with E-state index >= 15 is 0 Å². The van der Waals surface area contributed by atoms with Crippen molar-refractivity contribution in [3.8, 4) is 0 Å². The Bertz CT molecular complexity index is 462. The Morgan fingerprint density at radius 1 is 1.19 bits per heavy atom. The third kappa shape index (κ3) is 3.98. The second-order valence-corrected chi connectivity index (χ2v) is 6.35. The normalized spacial score (nSPS) is 16.5. The van der Waals surface area contributed by atoms with Crippen molar-refractivity contribution in [2.24, 2.45) is 0 Å². The summed E-state index contributed by atoms with van der Waals surface area (Å²) >= 11 is 0. The second-order valence-electron chi connectivity index (χ2n) is 6.35. The van der Waals surface area contributed by atoms with Crippen molar-refractivity contribution >= 4 is 18.3 Å². The minimum absolute atomic E-state index is 0. The SMILES string of the molecule is CNC1CCN(C(=O)C(C)(C)c2ccc(C)cc2)CC1.Cl. The van der Waals surface area contributed by atoms with Crippen molar-refractivity contribution in [3.05, 3.63) is 35.4 Å². The van der Waals surface area contributed by atoms with Crippen molar-refractivity contribution in [2.75, 3.05) is 20.1 Å². The molecule has 0 saturated carbocycles. The molecule has 0 bridgehead atoms. The molecule has 1 saturated heterocycles. The topological polar surface area (TPSA) is 32.3 Å². The maximum absolute atomic E-state index is 12.8. The van der Waals surface area contributed by atoms with Crippen LogP contribution in [0.5, 0.6) is 0 Å². The minimum Gasteiger partial charge on any atom is -0.342 e. The van der Waals surface area contributed by atoms with Gasteiger partial charge in [-0.15, -0.1) is 12.4 Å². The van der Waals surface area contributed by atoms with Gasteiger partial charge in [0.1, 0.15) is 0 Å². The summed E-state index contributed by atoms with van der Waals surface area (Å²) in [6.45, 7) is 7.86. The van der Waals surface area contributed by atoms with Crippen LogP contribution in [0, 0.1) is 6.92 Å². The fourth-order valence-electron chi connectivity index (χ4n) is 2.86. The minimum atomic E-state index is -0.444. The highest BCUT2D eigenvalue weighted by Crippen LogP contribution is 2.27. The summed E-state index contributed by atoms with van der Waals surface area (Å²) in [6, 6.07) is 8.87. The molecule has 1 heterocycles. The van der Waals surface area contributed by atoms with Gasteiger partial charge in [-0.3, -0.25) is 4.79 Å². The summed E-state index contributed by atoms with van der Waals surface area (Å²) in [5, 5.41) is 3.30. The Morgan fingerprint density at radius 3 is 2.19 bits per heavy atom. The summed E-state index contributed by atoms with van der Waals surface area (Å²) in [7, 11) is 2.00. The van der Waals surface area contributed by atoms with Crippen molar-refractivity contribution in [3.63, 3.8) is 0 Å². The van der Waals surface area contributed by atoms with Crippen molar-refractivity contribution in [2.45, 2.75) is 45.1 Å². The van der Waals surface area contributed by atoms with E-state index in [9.17, 15) is 4.79 Å². The highest BCUT2D eigenvalue weighted by molar-refractivity contribution is 5.87. The molecule has 1 aliphatic heterocycles. The average molecular weight is 311 g/mol. The number of likely N-dealkylation sites (tertiary alicyclic amines) is 1. The van der Waals surface area contributed by atoms with E-state index in [1.807, 2.05) is 25.8 Å². The number of piperidine rings is 1. The molecule has 0 aliphatic carbocycles. The number of nitrogens with zero attached hydrogens (tertiary/aromatic N) is 1. The van der Waals surface area contributed by atoms with Gasteiger partial charge >= 0.3 is 0 Å². The quantitative estimate of drug-likeness (QED) is 0.931. The Labute approximate surface area is 134 Å². The van der Waals surface area contributed by atoms with Crippen LogP contribution >= 0.6 is 12.4 Å². The van der Waals surface area contributed by atoms with Gasteiger partial charge in [-0.05, 0) is 46.2 Å². The molecule has 1 amide bonds. The molecule has 1 aromatic carbocycles. The van der Waals surface area contributed by atoms with E-state index in [2.05, 4.69) is 36.5 Å². The molecule has 3 nitrogen and oxygen atoms in total. The molecule has 1 aliphatic rings. The number of hydrogen-bond acceptors (Lipinski definition) is 2. The monoisotopic (exact) mass is 310 g/mol. The van der Waals surface area contributed by atoms with Gasteiger partial charge in [0, 0.05) is 19.1 Å². The van der Waals surface area contributed by atoms with Gasteiger partial charge in [0.15, 0.2) is 0 Å². The van der Waals surface area contributed by atoms with Crippen LogP contribution < -0.4 is 5.32 Å². The predicted octanol–water partition coefficient (Wildman–Crippen LogP) is 2.90. The predicted molar refractivity (Wildman–Crippen MR) is 90.1 cm³/mol. The lowest BCUT2D eigenvalue weighted by Crippen LogP contribution is -2.49. The van der Waals surface area contributed by atoms with Gasteiger partial charge in [-0.2, -0.15) is 0 Å². The van der Waals surface area contributed by atoms with Crippen LogP contribution in [0.15, 0.2) is 24.3 Å². The van der Waals surface area contributed by atoms with E-state index in [-0.39, 0.29) is 18.3 Å². The van der Waals surface area contributed by atoms with Gasteiger partial charge in [0.2, 0.25) is 5.91 Å². The van der Waals surface area contributed by atoms with E-state index in [1.54, 1.807) is 0 Å². The molecular formula is C17H27ClN2O. The number of halogens is 1. The lowest BCUT2D eigenvalue weighted by atomic mass is 9.82. The number of amides is 1. The van der Waals surface area contributed by atoms with Gasteiger partial charge in [-0.1, -0.05) is 29.8 Å². The first-order chi connectivity index (χ1) is 9.45. The fourth-order valence-corrected chi connectivity index (χ4v) is 2.86. The number of carbonyl (C=O) groups is 1. The number of hydrogen-bond donors (Lipinski definition) is 1. The summed E-state index contributed by atoms with van der Waals surface area (Å²) < 4.78 is 0. The third-order valence-corrected chi connectivity index (χ3v) is 4.50. The van der Waals surface area contributed by atoms with Crippen LogP contribution in [0.1, 0.15) is 37.8 Å². The zero-order chi connectivity index (χ0) is 14.8. The van der Waals surface area contributed by atoms with Crippen LogP contribution in [-0.2, 0) is 10.2 Å². The van der Waals surface area contributed by atoms with E-state index in [0.29, 0.717) is 6.04 Å². The summed E-state index contributed by atoms with van der Waals surface area (Å²) in [5.74, 6) is 0.246. The lowest BCUT2D eigenvalue weighted by Gasteiger charge is -2.37. The molecule has 0 aromatic heterocycles. The molecular weight excluding hydrogens is 284 g/mol. The molecule has 21 heavy (non-hydrogen) atoms. The number of nitrogens with one attached hydrogen (secondary N) is 1. The van der Waals surface area contributed by atoms with Crippen LogP contribution in [0.3, 0.4) is 0 Å². The van der Waals surface area contributed by atoms with Crippen molar-refractivity contribution in [1.82, 2.24) is 10.2 Å². The zero-order valence-corrected chi connectivity index (χ0v) is 14.3. The number of benzene rings is 1. The van der Waals surface area contributed by atoms with Crippen molar-refractivity contribution < 1.29 is 4.79 Å². The number of rotatable bonds is 3. The molecule has 2 rings (SSSR count). The van der Waals surface area contributed by atoms with Crippen molar-refractivity contribution in [1.29, 1.82) is 0 Å². The standard InChI is InChI=1S/C17H26N2O.ClH/c1-13-5-7-14(8-6-13)17(2,3)16(20)19-11-9-15(18-4)10-12-19;/h5-8,15,18H,9-12H2,1-4H3;1H. The average Bonchev–Trinajstić information content (AvgIpc) is 2.47. The number of aryl methyl sites for hydroxylation is 1. The first kappa shape index (κ1) is 18.0. The van der Waals surface area contributed by atoms with E-state index in [4.69, 9.17) is 0 Å². The maximum Gasteiger partial charge on any atom is 0.232 e. The molecule has 118 valence electrons. The van der Waals surface area contributed by atoms with Crippen LogP contribution in [0.25, 0.3) is 0 Å². The van der Waals surface area contributed by atoms with Gasteiger partial charge in [0.25, 0.3) is 0 Å². The largest absolute Gasteiger partial charge is 0.342 e. The van der Waals surface area contributed by atoms with Crippen LogP contribution in [0.2, 0.25) is 0 Å². The van der Waals surface area contributed by atoms with E-state index in [0.717, 1.165) is 31.5 Å². The Hall–Kier alpha value is -1.06. The fraction of sp³-hybridized carbons (Fsp3) is 0.588. The maximum atomic E-state index is 12.8. The molecule has 1 N–H and O–H groups in total. The Morgan fingerprint density at radius 2 is 1.71 bits per heavy atom. The van der Waals surface area contributed by atoms with Gasteiger partial charge in [0.05, 0.1) is 5.41 Å². The van der Waals surface area contributed by atoms with Gasteiger partial charge < -0.3 is 10.2 Å². The third-order valence-electron chi connectivity index (χ3n) is 4.50. The summed E-state index contributed by atoms with van der Waals surface area (Å²) in [5.41, 5.74) is 1.89. The number of carbonyl (C=O) groups excluding carboxylic acids is 1. The molecule has 4 heteroatoms. The van der Waals surface area contributed by atoms with Gasteiger partial charge in [-0.25, -0.2) is 0 Å². The first-order valence-electron chi connectivity index (χ1n) is 7.49. The first-order valence-corrected chi connectivity index (χ1v) is 7.49. The lowest BCUT2D eigenvalue weighted by molar-refractivity contribution is -0.137. The van der Waals surface area contributed by atoms with E-state index < -0.39 is 5.41 Å². The zero-order valence-electron chi connectivity index (χ0n) is 13.5. The molecule has 0 unspecified atom stereocenters. The Balaban J connectivity index is 0.00000220. The molecule has 1 aromatic rings. The Kier molecular flexibility index (Phi) is 6.24. The molecule has 1 fully saturated rings. The highest BCUT2D eigenvalue weighted by Gasteiger charge is 2.35. The smallest absolute Gasteiger partial charge is 0.232 e. The van der Waals surface area contributed by atoms with E-state index in [1.165, 1.54) is 5.56 Å². The van der Waals surface area contributed by atoms with Crippen LogP contribution in [0.4, 0.5) is 0 Å². The molecule has 0 radical (unpaired) electrons. The second kappa shape index (κ2) is 7.28. The summed E-state index contributed by atoms with van der Waals surface area (Å²) in [6.07, 6.45) is 2.10.